The molecule has 1 N–H and O–H groups in total. The second kappa shape index (κ2) is 8.25. The summed E-state index contributed by atoms with van der Waals surface area (Å²) in [5, 5.41) is 14.8. The zero-order chi connectivity index (χ0) is 21.2. The molecule has 5 aromatic rings. The maximum Gasteiger partial charge on any atom is 0.211 e. The molecular weight excluding hydrogens is 432 g/mol. The predicted octanol–water partition coefficient (Wildman–Crippen LogP) is 5.62. The summed E-state index contributed by atoms with van der Waals surface area (Å²) in [5.74, 6) is 1.89. The van der Waals surface area contributed by atoms with Gasteiger partial charge in [-0.25, -0.2) is 9.97 Å². The molecule has 7 nitrogen and oxygen atoms in total. The number of rotatable bonds is 5. The molecule has 0 unspecified atom stereocenters. The molecule has 152 valence electrons. The third-order valence-electron chi connectivity index (χ3n) is 4.56. The first-order valence-corrected chi connectivity index (χ1v) is 10.5. The van der Waals surface area contributed by atoms with E-state index in [0.29, 0.717) is 27.5 Å². The molecule has 0 aliphatic rings. The van der Waals surface area contributed by atoms with Crippen LogP contribution in [0.25, 0.3) is 32.9 Å². The van der Waals surface area contributed by atoms with Gasteiger partial charge in [0.25, 0.3) is 0 Å². The molecule has 3 aromatic heterocycles. The molecule has 0 spiro atoms. The van der Waals surface area contributed by atoms with Gasteiger partial charge in [-0.15, -0.1) is 10.2 Å². The third kappa shape index (κ3) is 4.03. The number of nitrogens with zero attached hydrogens (tertiary/aromatic N) is 5. The fraction of sp³-hybridized carbons (Fsp3) is 0.0455. The van der Waals surface area contributed by atoms with Crippen molar-refractivity contribution in [2.24, 2.45) is 0 Å². The number of aromatic nitrogens is 5. The van der Waals surface area contributed by atoms with Crippen molar-refractivity contribution < 1.29 is 4.74 Å². The lowest BCUT2D eigenvalue weighted by Gasteiger charge is -2.10. The molecule has 5 rings (SSSR count). The van der Waals surface area contributed by atoms with Gasteiger partial charge in [-0.3, -0.25) is 4.98 Å². The number of ether oxygens (including phenoxy) is 1. The Morgan fingerprint density at radius 1 is 0.968 bits per heavy atom. The van der Waals surface area contributed by atoms with E-state index in [1.165, 1.54) is 11.3 Å². The first-order chi connectivity index (χ1) is 15.2. The average Bonchev–Trinajstić information content (AvgIpc) is 3.28. The van der Waals surface area contributed by atoms with Gasteiger partial charge in [-0.05, 0) is 42.5 Å². The van der Waals surface area contributed by atoms with E-state index in [2.05, 4.69) is 20.5 Å². The molecule has 0 aliphatic carbocycles. The fourth-order valence-electron chi connectivity index (χ4n) is 3.04. The Labute approximate surface area is 186 Å². The molecule has 3 heterocycles. The van der Waals surface area contributed by atoms with Gasteiger partial charge in [0.1, 0.15) is 16.6 Å². The van der Waals surface area contributed by atoms with Crippen LogP contribution in [0, 0.1) is 0 Å². The van der Waals surface area contributed by atoms with Crippen LogP contribution in [-0.4, -0.2) is 32.3 Å². The van der Waals surface area contributed by atoms with Crippen LogP contribution in [0.1, 0.15) is 0 Å². The van der Waals surface area contributed by atoms with E-state index in [-0.39, 0.29) is 0 Å². The maximum atomic E-state index is 5.98. The van der Waals surface area contributed by atoms with Gasteiger partial charge < -0.3 is 10.1 Å². The Morgan fingerprint density at radius 3 is 2.61 bits per heavy atom. The van der Waals surface area contributed by atoms with Crippen LogP contribution in [0.15, 0.2) is 67.0 Å². The summed E-state index contributed by atoms with van der Waals surface area (Å²) in [4.78, 5) is 13.6. The molecule has 9 heteroatoms. The van der Waals surface area contributed by atoms with E-state index in [9.17, 15) is 0 Å². The third-order valence-corrected chi connectivity index (χ3v) is 5.70. The zero-order valence-corrected chi connectivity index (χ0v) is 17.9. The van der Waals surface area contributed by atoms with Crippen molar-refractivity contribution >= 4 is 44.8 Å². The molecular formula is C22H15ClN6OS. The van der Waals surface area contributed by atoms with Crippen molar-refractivity contribution in [3.63, 3.8) is 0 Å². The van der Waals surface area contributed by atoms with Crippen LogP contribution in [0.5, 0.6) is 5.75 Å². The van der Waals surface area contributed by atoms with Crippen molar-refractivity contribution in [3.8, 4) is 27.7 Å². The van der Waals surface area contributed by atoms with Gasteiger partial charge in [0.05, 0.1) is 12.6 Å². The molecule has 0 fully saturated rings. The van der Waals surface area contributed by atoms with Crippen LogP contribution in [0.3, 0.4) is 0 Å². The Kier molecular flexibility index (Phi) is 5.15. The second-order valence-electron chi connectivity index (χ2n) is 6.56. The summed E-state index contributed by atoms with van der Waals surface area (Å²) in [5.41, 5.74) is 2.54. The number of pyridine rings is 1. The highest BCUT2D eigenvalue weighted by molar-refractivity contribution is 7.18. The van der Waals surface area contributed by atoms with E-state index in [1.807, 2.05) is 54.6 Å². The highest BCUT2D eigenvalue weighted by Gasteiger charge is 2.14. The van der Waals surface area contributed by atoms with Crippen molar-refractivity contribution in [1.29, 1.82) is 0 Å². The maximum absolute atomic E-state index is 5.98. The second-order valence-corrected chi connectivity index (χ2v) is 7.98. The molecule has 2 aromatic carbocycles. The Hall–Kier alpha value is -3.62. The fourth-order valence-corrected chi connectivity index (χ4v) is 3.91. The van der Waals surface area contributed by atoms with Gasteiger partial charge in [0.15, 0.2) is 5.82 Å². The van der Waals surface area contributed by atoms with Crippen LogP contribution >= 0.6 is 22.9 Å². The van der Waals surface area contributed by atoms with Gasteiger partial charge >= 0.3 is 0 Å². The number of hydrogen-bond donors (Lipinski definition) is 1. The number of nitrogens with one attached hydrogen (secondary N) is 1. The van der Waals surface area contributed by atoms with Crippen LogP contribution in [0.2, 0.25) is 5.02 Å². The number of benzene rings is 2. The first kappa shape index (κ1) is 19.3. The first-order valence-electron chi connectivity index (χ1n) is 9.32. The summed E-state index contributed by atoms with van der Waals surface area (Å²) in [6, 6.07) is 16.9. The Morgan fingerprint density at radius 2 is 1.84 bits per heavy atom. The smallest absolute Gasteiger partial charge is 0.211 e. The minimum Gasteiger partial charge on any atom is -0.497 e. The SMILES string of the molecule is COc1ccc2nc(-c3cccnc3)nc(Nc3nnc(-c4ccc(Cl)cc4)s3)c2c1. The summed E-state index contributed by atoms with van der Waals surface area (Å²) < 4.78 is 5.38. The molecule has 31 heavy (non-hydrogen) atoms. The predicted molar refractivity (Wildman–Crippen MR) is 123 cm³/mol. The van der Waals surface area contributed by atoms with Crippen molar-refractivity contribution in [3.05, 3.63) is 72.0 Å². The van der Waals surface area contributed by atoms with Crippen molar-refractivity contribution in [2.75, 3.05) is 12.4 Å². The van der Waals surface area contributed by atoms with Gasteiger partial charge in [-0.2, -0.15) is 0 Å². The number of anilines is 2. The molecule has 0 amide bonds. The summed E-state index contributed by atoms with van der Waals surface area (Å²) in [7, 11) is 1.63. The molecule has 0 atom stereocenters. The number of halogens is 1. The van der Waals surface area contributed by atoms with Crippen LogP contribution in [-0.2, 0) is 0 Å². The lowest BCUT2D eigenvalue weighted by molar-refractivity contribution is 0.415. The highest BCUT2D eigenvalue weighted by Crippen LogP contribution is 2.33. The normalized spacial score (nSPS) is 10.9. The topological polar surface area (TPSA) is 85.7 Å². The molecule has 0 aliphatic heterocycles. The van der Waals surface area contributed by atoms with Crippen LogP contribution < -0.4 is 10.1 Å². The van der Waals surface area contributed by atoms with E-state index in [4.69, 9.17) is 26.3 Å². The largest absolute Gasteiger partial charge is 0.497 e. The molecule has 0 radical (unpaired) electrons. The number of methoxy groups -OCH3 is 1. The average molecular weight is 447 g/mol. The van der Waals surface area contributed by atoms with E-state index < -0.39 is 0 Å². The van der Waals surface area contributed by atoms with Crippen molar-refractivity contribution in [1.82, 2.24) is 25.1 Å². The Bertz CT molecular complexity index is 1360. The van der Waals surface area contributed by atoms with E-state index >= 15 is 0 Å². The standard InChI is InChI=1S/C22H15ClN6OS/c1-30-16-8-9-18-17(11-16)20(26-19(25-18)14-3-2-10-24-12-14)27-22-29-28-21(31-22)13-4-6-15(23)7-5-13/h2-12H,1H3,(H,25,26,27,29). The molecule has 0 saturated carbocycles. The number of hydrogen-bond acceptors (Lipinski definition) is 8. The lowest BCUT2D eigenvalue weighted by Crippen LogP contribution is -2.00. The monoisotopic (exact) mass is 446 g/mol. The minimum absolute atomic E-state index is 0.565. The summed E-state index contributed by atoms with van der Waals surface area (Å²) >= 11 is 7.41. The molecule has 0 saturated heterocycles. The summed E-state index contributed by atoms with van der Waals surface area (Å²) in [6.45, 7) is 0. The van der Waals surface area contributed by atoms with Crippen LogP contribution in [0.4, 0.5) is 10.9 Å². The Balaban J connectivity index is 1.57. The zero-order valence-electron chi connectivity index (χ0n) is 16.3. The highest BCUT2D eigenvalue weighted by atomic mass is 35.5. The summed E-state index contributed by atoms with van der Waals surface area (Å²) in [6.07, 6.45) is 3.45. The minimum atomic E-state index is 0.565. The van der Waals surface area contributed by atoms with E-state index in [1.54, 1.807) is 19.5 Å². The quantitative estimate of drug-likeness (QED) is 0.375. The number of fused-ring (bicyclic) bond motifs is 1. The van der Waals surface area contributed by atoms with Gasteiger partial charge in [-0.1, -0.05) is 35.1 Å². The van der Waals surface area contributed by atoms with Crippen molar-refractivity contribution in [2.45, 2.75) is 0 Å². The van der Waals surface area contributed by atoms with E-state index in [0.717, 1.165) is 27.0 Å². The van der Waals surface area contributed by atoms with Gasteiger partial charge in [0.2, 0.25) is 5.13 Å². The molecule has 0 bridgehead atoms. The lowest BCUT2D eigenvalue weighted by atomic mass is 10.2. The van der Waals surface area contributed by atoms with Gasteiger partial charge in [0, 0.05) is 33.9 Å².